The van der Waals surface area contributed by atoms with Crippen molar-refractivity contribution in [1.82, 2.24) is 0 Å². The van der Waals surface area contributed by atoms with Crippen LogP contribution in [-0.4, -0.2) is 18.9 Å². The lowest BCUT2D eigenvalue weighted by Crippen LogP contribution is -2.49. The molecule has 0 saturated heterocycles. The van der Waals surface area contributed by atoms with Crippen LogP contribution in [0.1, 0.15) is 32.1 Å². The first-order chi connectivity index (χ1) is 8.26. The molecule has 0 aromatic carbocycles. The van der Waals surface area contributed by atoms with Gasteiger partial charge in [0.1, 0.15) is 0 Å². The SMILES string of the molecule is C=CC(=O)OCOC1C2CC3CC(C2)CC1C3. The van der Waals surface area contributed by atoms with Crippen LogP contribution in [0, 0.1) is 23.7 Å². The van der Waals surface area contributed by atoms with Gasteiger partial charge < -0.3 is 9.47 Å². The lowest BCUT2D eigenvalue weighted by Gasteiger charge is -2.53. The van der Waals surface area contributed by atoms with Crippen molar-refractivity contribution in [2.24, 2.45) is 23.7 Å². The minimum absolute atomic E-state index is 0.0951. The molecule has 0 amide bonds. The Kier molecular flexibility index (Phi) is 2.95. The molecule has 17 heavy (non-hydrogen) atoms. The molecule has 0 unspecified atom stereocenters. The van der Waals surface area contributed by atoms with Gasteiger partial charge >= 0.3 is 5.97 Å². The van der Waals surface area contributed by atoms with E-state index in [0.29, 0.717) is 17.9 Å². The molecule has 0 aromatic rings. The Morgan fingerprint density at radius 3 is 2.24 bits per heavy atom. The van der Waals surface area contributed by atoms with Crippen molar-refractivity contribution in [2.45, 2.75) is 38.2 Å². The first kappa shape index (κ1) is 11.3. The number of carbonyl (C=O) groups excluding carboxylic acids is 1. The second kappa shape index (κ2) is 4.45. The van der Waals surface area contributed by atoms with Gasteiger partial charge in [-0.25, -0.2) is 4.79 Å². The van der Waals surface area contributed by atoms with Crippen LogP contribution in [0.5, 0.6) is 0 Å². The van der Waals surface area contributed by atoms with E-state index < -0.39 is 5.97 Å². The maximum Gasteiger partial charge on any atom is 0.332 e. The zero-order valence-corrected chi connectivity index (χ0v) is 10.1. The lowest BCUT2D eigenvalue weighted by atomic mass is 9.55. The molecule has 4 rings (SSSR count). The van der Waals surface area contributed by atoms with Crippen molar-refractivity contribution < 1.29 is 14.3 Å². The highest BCUT2D eigenvalue weighted by molar-refractivity contribution is 5.81. The molecule has 94 valence electrons. The topological polar surface area (TPSA) is 35.5 Å². The maximum absolute atomic E-state index is 10.9. The minimum Gasteiger partial charge on any atom is -0.435 e. The van der Waals surface area contributed by atoms with Gasteiger partial charge in [-0.2, -0.15) is 0 Å². The third-order valence-electron chi connectivity index (χ3n) is 4.77. The highest BCUT2D eigenvalue weighted by Gasteiger charge is 2.48. The average Bonchev–Trinajstić information content (AvgIpc) is 2.31. The summed E-state index contributed by atoms with van der Waals surface area (Å²) in [5.74, 6) is 2.94. The van der Waals surface area contributed by atoms with Gasteiger partial charge in [-0.1, -0.05) is 6.58 Å². The summed E-state index contributed by atoms with van der Waals surface area (Å²) >= 11 is 0. The van der Waals surface area contributed by atoms with E-state index in [2.05, 4.69) is 6.58 Å². The van der Waals surface area contributed by atoms with E-state index in [9.17, 15) is 4.79 Å². The van der Waals surface area contributed by atoms with E-state index >= 15 is 0 Å². The number of rotatable bonds is 4. The molecule has 0 radical (unpaired) electrons. The zero-order valence-electron chi connectivity index (χ0n) is 10.1. The van der Waals surface area contributed by atoms with Gasteiger partial charge in [0.25, 0.3) is 0 Å². The van der Waals surface area contributed by atoms with Gasteiger partial charge in [0.2, 0.25) is 0 Å². The highest BCUT2D eigenvalue weighted by Crippen LogP contribution is 2.54. The Bertz CT molecular complexity index is 295. The number of carbonyl (C=O) groups is 1. The molecular weight excluding hydrogens is 216 g/mol. The normalized spacial score (nSPS) is 42.5. The van der Waals surface area contributed by atoms with Crippen LogP contribution in [0.4, 0.5) is 0 Å². The number of hydrogen-bond donors (Lipinski definition) is 0. The van der Waals surface area contributed by atoms with Crippen LogP contribution in [-0.2, 0) is 14.3 Å². The van der Waals surface area contributed by atoms with Crippen LogP contribution in [0.15, 0.2) is 12.7 Å². The van der Waals surface area contributed by atoms with Gasteiger partial charge in [0.05, 0.1) is 6.10 Å². The summed E-state index contributed by atoms with van der Waals surface area (Å²) in [6.45, 7) is 3.46. The van der Waals surface area contributed by atoms with Crippen LogP contribution < -0.4 is 0 Å². The largest absolute Gasteiger partial charge is 0.435 e. The van der Waals surface area contributed by atoms with Crippen molar-refractivity contribution in [3.63, 3.8) is 0 Å². The fourth-order valence-corrected chi connectivity index (χ4v) is 4.38. The third kappa shape index (κ3) is 2.13. The fourth-order valence-electron chi connectivity index (χ4n) is 4.38. The Hall–Kier alpha value is -0.830. The smallest absolute Gasteiger partial charge is 0.332 e. The Morgan fingerprint density at radius 1 is 1.12 bits per heavy atom. The van der Waals surface area contributed by atoms with E-state index in [4.69, 9.17) is 9.47 Å². The molecule has 0 spiro atoms. The number of hydrogen-bond acceptors (Lipinski definition) is 3. The van der Waals surface area contributed by atoms with Crippen LogP contribution in [0.25, 0.3) is 0 Å². The molecule has 4 fully saturated rings. The number of esters is 1. The average molecular weight is 236 g/mol. The third-order valence-corrected chi connectivity index (χ3v) is 4.77. The number of ether oxygens (including phenoxy) is 2. The molecule has 3 nitrogen and oxygen atoms in total. The van der Waals surface area contributed by atoms with Crippen molar-refractivity contribution in [1.29, 1.82) is 0 Å². The van der Waals surface area contributed by atoms with E-state index in [1.54, 1.807) is 0 Å². The first-order valence-corrected chi connectivity index (χ1v) is 6.67. The molecule has 0 atom stereocenters. The summed E-state index contributed by atoms with van der Waals surface area (Å²) in [5.41, 5.74) is 0. The molecule has 4 bridgehead atoms. The Morgan fingerprint density at radius 2 is 1.71 bits per heavy atom. The first-order valence-electron chi connectivity index (χ1n) is 6.67. The summed E-state index contributed by atoms with van der Waals surface area (Å²) in [7, 11) is 0. The van der Waals surface area contributed by atoms with Crippen molar-refractivity contribution in [3.8, 4) is 0 Å². The monoisotopic (exact) mass is 236 g/mol. The van der Waals surface area contributed by atoms with E-state index in [1.165, 1.54) is 38.2 Å². The van der Waals surface area contributed by atoms with Crippen molar-refractivity contribution in [3.05, 3.63) is 12.7 Å². The minimum atomic E-state index is -0.395. The van der Waals surface area contributed by atoms with E-state index in [-0.39, 0.29) is 6.79 Å². The zero-order chi connectivity index (χ0) is 11.8. The van der Waals surface area contributed by atoms with Gasteiger partial charge in [-0.05, 0) is 55.8 Å². The molecule has 4 saturated carbocycles. The summed E-state index contributed by atoms with van der Waals surface area (Å²) in [5, 5.41) is 0. The molecule has 0 aromatic heterocycles. The predicted molar refractivity (Wildman–Crippen MR) is 63.1 cm³/mol. The van der Waals surface area contributed by atoms with Gasteiger partial charge in [-0.3, -0.25) is 0 Å². The maximum atomic E-state index is 10.9. The second-order valence-corrected chi connectivity index (χ2v) is 5.85. The predicted octanol–water partition coefficient (Wildman–Crippen LogP) is 2.51. The molecule has 4 aliphatic rings. The summed E-state index contributed by atoms with van der Waals surface area (Å²) < 4.78 is 10.7. The fraction of sp³-hybridized carbons (Fsp3) is 0.786. The molecule has 0 heterocycles. The summed E-state index contributed by atoms with van der Waals surface area (Å²) in [6, 6.07) is 0. The Balaban J connectivity index is 1.54. The Labute approximate surface area is 102 Å². The second-order valence-electron chi connectivity index (χ2n) is 5.85. The van der Waals surface area contributed by atoms with Gasteiger partial charge in [-0.15, -0.1) is 0 Å². The quantitative estimate of drug-likeness (QED) is 0.427. The van der Waals surface area contributed by atoms with Gasteiger partial charge in [0.15, 0.2) is 6.79 Å². The molecule has 4 aliphatic carbocycles. The van der Waals surface area contributed by atoms with Crippen molar-refractivity contribution in [2.75, 3.05) is 6.79 Å². The van der Waals surface area contributed by atoms with Crippen LogP contribution in [0.2, 0.25) is 0 Å². The molecule has 0 aliphatic heterocycles. The van der Waals surface area contributed by atoms with Crippen molar-refractivity contribution >= 4 is 5.97 Å². The van der Waals surface area contributed by atoms with E-state index in [1.807, 2.05) is 0 Å². The van der Waals surface area contributed by atoms with Gasteiger partial charge in [0, 0.05) is 6.08 Å². The summed E-state index contributed by atoms with van der Waals surface area (Å²) in [4.78, 5) is 10.9. The summed E-state index contributed by atoms with van der Waals surface area (Å²) in [6.07, 6.45) is 8.27. The highest BCUT2D eigenvalue weighted by atomic mass is 16.7. The molecule has 0 N–H and O–H groups in total. The molecule has 3 heteroatoms. The van der Waals surface area contributed by atoms with Crippen LogP contribution >= 0.6 is 0 Å². The lowest BCUT2D eigenvalue weighted by molar-refractivity contribution is -0.183. The van der Waals surface area contributed by atoms with E-state index in [0.717, 1.165) is 11.8 Å². The molecular formula is C14H20O3. The standard InChI is InChI=1S/C14H20O3/c1-2-13(15)16-8-17-14-11-4-9-3-10(6-11)7-12(14)5-9/h2,9-12,14H,1,3-8H2. The van der Waals surface area contributed by atoms with Crippen LogP contribution in [0.3, 0.4) is 0 Å².